The Morgan fingerprint density at radius 3 is 2.35 bits per heavy atom. The Morgan fingerprint density at radius 2 is 1.80 bits per heavy atom. The standard InChI is InChI=1S/C17H16O3/c1-4-12-5-10-15(16(11-12)19-2)13-6-8-14(9-7-13)17(18)20-3/h4-11H,1H2,2-3H3. The summed E-state index contributed by atoms with van der Waals surface area (Å²) in [5.74, 6) is 0.429. The van der Waals surface area contributed by atoms with Gasteiger partial charge in [0.15, 0.2) is 0 Å². The predicted molar refractivity (Wildman–Crippen MR) is 79.9 cm³/mol. The number of carbonyl (C=O) groups is 1. The molecular formula is C17H16O3. The SMILES string of the molecule is C=Cc1ccc(-c2ccc(C(=O)OC)cc2)c(OC)c1. The second-order valence-electron chi connectivity index (χ2n) is 4.23. The van der Waals surface area contributed by atoms with Crippen LogP contribution in [0.15, 0.2) is 49.0 Å². The van der Waals surface area contributed by atoms with Crippen LogP contribution >= 0.6 is 0 Å². The lowest BCUT2D eigenvalue weighted by atomic mass is 10.0. The average Bonchev–Trinajstić information content (AvgIpc) is 2.53. The number of methoxy groups -OCH3 is 2. The molecule has 0 fully saturated rings. The molecule has 0 unspecified atom stereocenters. The number of hydrogen-bond acceptors (Lipinski definition) is 3. The van der Waals surface area contributed by atoms with Crippen LogP contribution in [0.3, 0.4) is 0 Å². The first-order chi connectivity index (χ1) is 9.69. The average molecular weight is 268 g/mol. The Hall–Kier alpha value is -2.55. The summed E-state index contributed by atoms with van der Waals surface area (Å²) in [5.41, 5.74) is 3.47. The Balaban J connectivity index is 2.41. The summed E-state index contributed by atoms with van der Waals surface area (Å²) in [7, 11) is 3.00. The third-order valence-electron chi connectivity index (χ3n) is 3.08. The van der Waals surface area contributed by atoms with Crippen molar-refractivity contribution in [2.75, 3.05) is 14.2 Å². The van der Waals surface area contributed by atoms with Crippen LogP contribution in [0.2, 0.25) is 0 Å². The van der Waals surface area contributed by atoms with Gasteiger partial charge in [-0.25, -0.2) is 4.79 Å². The lowest BCUT2D eigenvalue weighted by molar-refractivity contribution is 0.0601. The van der Waals surface area contributed by atoms with E-state index in [1.54, 1.807) is 25.3 Å². The van der Waals surface area contributed by atoms with E-state index in [-0.39, 0.29) is 5.97 Å². The van der Waals surface area contributed by atoms with Gasteiger partial charge < -0.3 is 9.47 Å². The molecule has 0 spiro atoms. The quantitative estimate of drug-likeness (QED) is 0.791. The van der Waals surface area contributed by atoms with Crippen LogP contribution in [-0.4, -0.2) is 20.2 Å². The van der Waals surface area contributed by atoms with Crippen molar-refractivity contribution >= 4 is 12.0 Å². The third kappa shape index (κ3) is 2.72. The molecule has 0 saturated carbocycles. The lowest BCUT2D eigenvalue weighted by Gasteiger charge is -2.10. The third-order valence-corrected chi connectivity index (χ3v) is 3.08. The number of carbonyl (C=O) groups excluding carboxylic acids is 1. The Labute approximate surface area is 118 Å². The molecule has 102 valence electrons. The monoisotopic (exact) mass is 268 g/mol. The van der Waals surface area contributed by atoms with Crippen LogP contribution < -0.4 is 4.74 Å². The second kappa shape index (κ2) is 6.06. The minimum Gasteiger partial charge on any atom is -0.496 e. The number of hydrogen-bond donors (Lipinski definition) is 0. The summed E-state index contributed by atoms with van der Waals surface area (Å²) in [4.78, 5) is 11.4. The van der Waals surface area contributed by atoms with E-state index in [4.69, 9.17) is 4.74 Å². The van der Waals surface area contributed by atoms with Crippen LogP contribution in [-0.2, 0) is 4.74 Å². The zero-order valence-corrected chi connectivity index (χ0v) is 11.6. The summed E-state index contributed by atoms with van der Waals surface area (Å²) in [6.07, 6.45) is 1.77. The highest BCUT2D eigenvalue weighted by atomic mass is 16.5. The molecule has 0 aliphatic heterocycles. The molecule has 3 nitrogen and oxygen atoms in total. The van der Waals surface area contributed by atoms with Crippen LogP contribution in [0.4, 0.5) is 0 Å². The van der Waals surface area contributed by atoms with E-state index in [0.29, 0.717) is 5.56 Å². The molecule has 0 aromatic heterocycles. The topological polar surface area (TPSA) is 35.5 Å². The molecule has 0 radical (unpaired) electrons. The van der Waals surface area contributed by atoms with Gasteiger partial charge in [-0.2, -0.15) is 0 Å². The molecule has 0 N–H and O–H groups in total. The molecule has 0 saturated heterocycles. The molecule has 0 aliphatic rings. The first-order valence-corrected chi connectivity index (χ1v) is 6.19. The van der Waals surface area contributed by atoms with Crippen LogP contribution in [0, 0.1) is 0 Å². The van der Waals surface area contributed by atoms with E-state index in [1.807, 2.05) is 30.3 Å². The number of benzene rings is 2. The maximum Gasteiger partial charge on any atom is 0.337 e. The number of rotatable bonds is 4. The van der Waals surface area contributed by atoms with E-state index in [9.17, 15) is 4.79 Å². The smallest absolute Gasteiger partial charge is 0.337 e. The molecular weight excluding hydrogens is 252 g/mol. The lowest BCUT2D eigenvalue weighted by Crippen LogP contribution is -2.00. The fourth-order valence-corrected chi connectivity index (χ4v) is 1.98. The first-order valence-electron chi connectivity index (χ1n) is 6.19. The van der Waals surface area contributed by atoms with Crippen LogP contribution in [0.5, 0.6) is 5.75 Å². The molecule has 0 atom stereocenters. The van der Waals surface area contributed by atoms with Gasteiger partial charge in [0, 0.05) is 5.56 Å². The van der Waals surface area contributed by atoms with E-state index in [0.717, 1.165) is 22.4 Å². The second-order valence-corrected chi connectivity index (χ2v) is 4.23. The van der Waals surface area contributed by atoms with Crippen molar-refractivity contribution in [3.63, 3.8) is 0 Å². The molecule has 0 heterocycles. The van der Waals surface area contributed by atoms with Gasteiger partial charge in [0.25, 0.3) is 0 Å². The van der Waals surface area contributed by atoms with Crippen molar-refractivity contribution in [3.05, 3.63) is 60.2 Å². The largest absolute Gasteiger partial charge is 0.496 e. The maximum atomic E-state index is 11.4. The van der Waals surface area contributed by atoms with E-state index in [1.165, 1.54) is 7.11 Å². The summed E-state index contributed by atoms with van der Waals surface area (Å²) in [5, 5.41) is 0. The Kier molecular flexibility index (Phi) is 4.20. The van der Waals surface area contributed by atoms with Crippen molar-refractivity contribution in [2.24, 2.45) is 0 Å². The van der Waals surface area contributed by atoms with Gasteiger partial charge in [-0.15, -0.1) is 0 Å². The fourth-order valence-electron chi connectivity index (χ4n) is 1.98. The highest BCUT2D eigenvalue weighted by Crippen LogP contribution is 2.31. The zero-order valence-electron chi connectivity index (χ0n) is 11.6. The van der Waals surface area contributed by atoms with Crippen molar-refractivity contribution in [2.45, 2.75) is 0 Å². The van der Waals surface area contributed by atoms with Crippen molar-refractivity contribution in [1.29, 1.82) is 0 Å². The molecule has 0 bridgehead atoms. The molecule has 3 heteroatoms. The van der Waals surface area contributed by atoms with Gasteiger partial charge in [-0.3, -0.25) is 0 Å². The zero-order chi connectivity index (χ0) is 14.5. The summed E-state index contributed by atoms with van der Waals surface area (Å²) < 4.78 is 10.1. The number of ether oxygens (including phenoxy) is 2. The summed E-state index contributed by atoms with van der Waals surface area (Å²) >= 11 is 0. The van der Waals surface area contributed by atoms with Gasteiger partial charge in [-0.1, -0.05) is 36.9 Å². The van der Waals surface area contributed by atoms with Crippen molar-refractivity contribution < 1.29 is 14.3 Å². The van der Waals surface area contributed by atoms with Gasteiger partial charge in [-0.05, 0) is 29.3 Å². The van der Waals surface area contributed by atoms with E-state index >= 15 is 0 Å². The minimum atomic E-state index is -0.342. The van der Waals surface area contributed by atoms with Gasteiger partial charge >= 0.3 is 5.97 Å². The van der Waals surface area contributed by atoms with E-state index in [2.05, 4.69) is 11.3 Å². The van der Waals surface area contributed by atoms with Gasteiger partial charge in [0.1, 0.15) is 5.75 Å². The number of esters is 1. The molecule has 20 heavy (non-hydrogen) atoms. The van der Waals surface area contributed by atoms with Gasteiger partial charge in [0.05, 0.1) is 19.8 Å². The predicted octanol–water partition coefficient (Wildman–Crippen LogP) is 3.79. The highest BCUT2D eigenvalue weighted by molar-refractivity contribution is 5.90. The van der Waals surface area contributed by atoms with Gasteiger partial charge in [0.2, 0.25) is 0 Å². The molecule has 2 aromatic rings. The molecule has 2 aromatic carbocycles. The normalized spacial score (nSPS) is 9.90. The Morgan fingerprint density at radius 1 is 1.10 bits per heavy atom. The first kappa shape index (κ1) is 13.9. The molecule has 0 amide bonds. The van der Waals surface area contributed by atoms with Crippen molar-refractivity contribution in [1.82, 2.24) is 0 Å². The molecule has 0 aliphatic carbocycles. The summed E-state index contributed by atoms with van der Waals surface area (Å²) in [6, 6.07) is 13.1. The fraction of sp³-hybridized carbons (Fsp3) is 0.118. The van der Waals surface area contributed by atoms with Crippen LogP contribution in [0.1, 0.15) is 15.9 Å². The van der Waals surface area contributed by atoms with E-state index < -0.39 is 0 Å². The molecule has 2 rings (SSSR count). The Bertz CT molecular complexity index is 627. The maximum absolute atomic E-state index is 11.4. The highest BCUT2D eigenvalue weighted by Gasteiger charge is 2.09. The van der Waals surface area contributed by atoms with Crippen LogP contribution in [0.25, 0.3) is 17.2 Å². The van der Waals surface area contributed by atoms with Crippen molar-refractivity contribution in [3.8, 4) is 16.9 Å². The summed E-state index contributed by atoms with van der Waals surface area (Å²) in [6.45, 7) is 3.74. The minimum absolute atomic E-state index is 0.342.